The monoisotopic (exact) mass is 262 g/mol. The van der Waals surface area contributed by atoms with E-state index in [9.17, 15) is 4.79 Å². The topological polar surface area (TPSA) is 57.3 Å². The molecule has 2 amide bonds. The minimum absolute atomic E-state index is 0.0522. The van der Waals surface area contributed by atoms with Gasteiger partial charge >= 0.3 is 6.03 Å². The fourth-order valence-electron chi connectivity index (χ4n) is 2.26. The van der Waals surface area contributed by atoms with Gasteiger partial charge in [-0.3, -0.25) is 4.98 Å². The molecular weight excluding hydrogens is 240 g/mol. The maximum absolute atomic E-state index is 11.7. The summed E-state index contributed by atoms with van der Waals surface area (Å²) in [5.74, 6) is 0. The molecule has 1 aliphatic rings. The van der Waals surface area contributed by atoms with Crippen LogP contribution in [0.2, 0.25) is 0 Å². The van der Waals surface area contributed by atoms with Gasteiger partial charge in [0.05, 0.1) is 0 Å². The molecule has 0 unspecified atom stereocenters. The molecule has 5 nitrogen and oxygen atoms in total. The second-order valence-electron chi connectivity index (χ2n) is 5.08. The Labute approximate surface area is 114 Å². The first-order chi connectivity index (χ1) is 9.24. The zero-order valence-electron chi connectivity index (χ0n) is 11.4. The van der Waals surface area contributed by atoms with Gasteiger partial charge in [0, 0.05) is 25.0 Å². The van der Waals surface area contributed by atoms with Crippen LogP contribution < -0.4 is 10.6 Å². The summed E-state index contributed by atoms with van der Waals surface area (Å²) in [6.45, 7) is 2.77. The summed E-state index contributed by atoms with van der Waals surface area (Å²) in [6.07, 6.45) is 6.45. The number of hydrogen-bond acceptors (Lipinski definition) is 3. The van der Waals surface area contributed by atoms with E-state index in [4.69, 9.17) is 0 Å². The van der Waals surface area contributed by atoms with Crippen molar-refractivity contribution in [2.24, 2.45) is 0 Å². The van der Waals surface area contributed by atoms with Crippen molar-refractivity contribution in [3.05, 3.63) is 30.1 Å². The Hall–Kier alpha value is -1.62. The molecule has 2 rings (SSSR count). The molecule has 104 valence electrons. The smallest absolute Gasteiger partial charge is 0.315 e. The van der Waals surface area contributed by atoms with Crippen LogP contribution in [-0.2, 0) is 6.42 Å². The lowest BCUT2D eigenvalue weighted by atomic mass is 10.1. The lowest BCUT2D eigenvalue weighted by molar-refractivity contribution is 0.214. The van der Waals surface area contributed by atoms with Gasteiger partial charge in [-0.05, 0) is 57.1 Å². The second-order valence-corrected chi connectivity index (χ2v) is 5.08. The zero-order valence-corrected chi connectivity index (χ0v) is 11.4. The molecule has 0 atom stereocenters. The van der Waals surface area contributed by atoms with E-state index in [0.29, 0.717) is 12.6 Å². The lowest BCUT2D eigenvalue weighted by Gasteiger charge is -2.29. The minimum atomic E-state index is -0.0522. The van der Waals surface area contributed by atoms with Crippen LogP contribution in [0.15, 0.2) is 24.5 Å². The van der Waals surface area contributed by atoms with Crippen molar-refractivity contribution in [1.82, 2.24) is 20.5 Å². The molecule has 1 aromatic rings. The van der Waals surface area contributed by atoms with E-state index in [1.165, 1.54) is 5.56 Å². The number of hydrogen-bond donors (Lipinski definition) is 2. The SMILES string of the molecule is CN1CCC(NC(=O)NCCc2ccncc2)CC1. The number of piperidine rings is 1. The van der Waals surface area contributed by atoms with E-state index in [1.54, 1.807) is 12.4 Å². The van der Waals surface area contributed by atoms with Crippen molar-refractivity contribution < 1.29 is 4.79 Å². The first-order valence-corrected chi connectivity index (χ1v) is 6.86. The van der Waals surface area contributed by atoms with Crippen LogP contribution in [0.5, 0.6) is 0 Å². The van der Waals surface area contributed by atoms with Gasteiger partial charge in [0.15, 0.2) is 0 Å². The maximum atomic E-state index is 11.7. The predicted molar refractivity (Wildman–Crippen MR) is 75.0 cm³/mol. The van der Waals surface area contributed by atoms with E-state index in [0.717, 1.165) is 32.4 Å². The van der Waals surface area contributed by atoms with Gasteiger partial charge in [-0.25, -0.2) is 4.79 Å². The third kappa shape index (κ3) is 4.87. The number of carbonyl (C=O) groups is 1. The number of likely N-dealkylation sites (tertiary alicyclic amines) is 1. The van der Waals surface area contributed by atoms with Crippen molar-refractivity contribution in [3.8, 4) is 0 Å². The molecule has 0 radical (unpaired) electrons. The molecule has 1 fully saturated rings. The van der Waals surface area contributed by atoms with Gasteiger partial charge in [-0.2, -0.15) is 0 Å². The standard InChI is InChI=1S/C14H22N4O/c1-18-10-5-13(6-11-18)17-14(19)16-9-4-12-2-7-15-8-3-12/h2-3,7-8,13H,4-6,9-11H2,1H3,(H2,16,17,19). The van der Waals surface area contributed by atoms with Crippen LogP contribution in [0.4, 0.5) is 4.79 Å². The molecule has 1 aromatic heterocycles. The summed E-state index contributed by atoms with van der Waals surface area (Å²) in [5.41, 5.74) is 1.19. The first kappa shape index (κ1) is 13.8. The van der Waals surface area contributed by atoms with Gasteiger partial charge in [0.1, 0.15) is 0 Å². The highest BCUT2D eigenvalue weighted by Gasteiger charge is 2.17. The second kappa shape index (κ2) is 7.09. The number of pyridine rings is 1. The Balaban J connectivity index is 1.62. The van der Waals surface area contributed by atoms with Gasteiger partial charge in [-0.1, -0.05) is 0 Å². The largest absolute Gasteiger partial charge is 0.338 e. The number of carbonyl (C=O) groups excluding carboxylic acids is 1. The van der Waals surface area contributed by atoms with E-state index in [-0.39, 0.29) is 6.03 Å². The van der Waals surface area contributed by atoms with Crippen LogP contribution in [0.1, 0.15) is 18.4 Å². The summed E-state index contributed by atoms with van der Waals surface area (Å²) < 4.78 is 0. The van der Waals surface area contributed by atoms with Crippen molar-refractivity contribution >= 4 is 6.03 Å². The molecule has 0 spiro atoms. The Morgan fingerprint density at radius 1 is 1.37 bits per heavy atom. The summed E-state index contributed by atoms with van der Waals surface area (Å²) in [4.78, 5) is 18.0. The number of nitrogens with one attached hydrogen (secondary N) is 2. The molecule has 0 saturated carbocycles. The fraction of sp³-hybridized carbons (Fsp3) is 0.571. The Morgan fingerprint density at radius 2 is 2.05 bits per heavy atom. The molecule has 0 bridgehead atoms. The van der Waals surface area contributed by atoms with Crippen LogP contribution in [0.3, 0.4) is 0 Å². The molecule has 2 heterocycles. The summed E-state index contributed by atoms with van der Waals surface area (Å²) >= 11 is 0. The third-order valence-corrected chi connectivity index (χ3v) is 3.50. The molecular formula is C14H22N4O. The quantitative estimate of drug-likeness (QED) is 0.851. The predicted octanol–water partition coefficient (Wildman–Crippen LogP) is 1.02. The Morgan fingerprint density at radius 3 is 2.74 bits per heavy atom. The molecule has 2 N–H and O–H groups in total. The molecule has 19 heavy (non-hydrogen) atoms. The van der Waals surface area contributed by atoms with Gasteiger partial charge in [-0.15, -0.1) is 0 Å². The summed E-state index contributed by atoms with van der Waals surface area (Å²) in [5, 5.41) is 5.94. The lowest BCUT2D eigenvalue weighted by Crippen LogP contribution is -2.47. The van der Waals surface area contributed by atoms with Crippen molar-refractivity contribution in [1.29, 1.82) is 0 Å². The van der Waals surface area contributed by atoms with Crippen LogP contribution in [0.25, 0.3) is 0 Å². The van der Waals surface area contributed by atoms with Gasteiger partial charge in [0.2, 0.25) is 0 Å². The van der Waals surface area contributed by atoms with E-state index in [2.05, 4.69) is 27.6 Å². The van der Waals surface area contributed by atoms with Gasteiger partial charge < -0.3 is 15.5 Å². The van der Waals surface area contributed by atoms with Crippen molar-refractivity contribution in [2.45, 2.75) is 25.3 Å². The Bertz CT molecular complexity index is 388. The summed E-state index contributed by atoms with van der Waals surface area (Å²) in [6, 6.07) is 4.20. The maximum Gasteiger partial charge on any atom is 0.315 e. The average molecular weight is 262 g/mol. The molecule has 5 heteroatoms. The number of nitrogens with zero attached hydrogens (tertiary/aromatic N) is 2. The van der Waals surface area contributed by atoms with Crippen LogP contribution >= 0.6 is 0 Å². The fourth-order valence-corrected chi connectivity index (χ4v) is 2.26. The Kier molecular flexibility index (Phi) is 5.15. The third-order valence-electron chi connectivity index (χ3n) is 3.50. The number of urea groups is 1. The van der Waals surface area contributed by atoms with Crippen molar-refractivity contribution in [3.63, 3.8) is 0 Å². The highest BCUT2D eigenvalue weighted by molar-refractivity contribution is 5.74. The highest BCUT2D eigenvalue weighted by Crippen LogP contribution is 2.07. The van der Waals surface area contributed by atoms with E-state index >= 15 is 0 Å². The van der Waals surface area contributed by atoms with E-state index < -0.39 is 0 Å². The number of rotatable bonds is 4. The molecule has 1 saturated heterocycles. The van der Waals surface area contributed by atoms with E-state index in [1.807, 2.05) is 12.1 Å². The first-order valence-electron chi connectivity index (χ1n) is 6.86. The molecule has 0 aromatic carbocycles. The highest BCUT2D eigenvalue weighted by atomic mass is 16.2. The number of aromatic nitrogens is 1. The number of amides is 2. The van der Waals surface area contributed by atoms with Gasteiger partial charge in [0.25, 0.3) is 0 Å². The average Bonchev–Trinajstić information content (AvgIpc) is 2.43. The molecule has 0 aliphatic carbocycles. The van der Waals surface area contributed by atoms with Crippen LogP contribution in [0, 0.1) is 0 Å². The van der Waals surface area contributed by atoms with Crippen LogP contribution in [-0.4, -0.2) is 48.6 Å². The summed E-state index contributed by atoms with van der Waals surface area (Å²) in [7, 11) is 2.12. The molecule has 1 aliphatic heterocycles. The zero-order chi connectivity index (χ0) is 13.5. The minimum Gasteiger partial charge on any atom is -0.338 e. The van der Waals surface area contributed by atoms with Crippen molar-refractivity contribution in [2.75, 3.05) is 26.7 Å². The normalized spacial score (nSPS) is 17.1.